The van der Waals surface area contributed by atoms with E-state index in [9.17, 15) is 28.8 Å². The van der Waals surface area contributed by atoms with Gasteiger partial charge in [0, 0.05) is 25.8 Å². The smallest absolute Gasteiger partial charge is 0.413 e. The van der Waals surface area contributed by atoms with Crippen molar-refractivity contribution >= 4 is 35.5 Å². The van der Waals surface area contributed by atoms with Crippen molar-refractivity contribution in [3.8, 4) is 0 Å². The number of nitrogens with one attached hydrogen (secondary N) is 6. The normalized spacial score (nSPS) is 21.9. The van der Waals surface area contributed by atoms with E-state index in [4.69, 9.17) is 9.47 Å². The van der Waals surface area contributed by atoms with Gasteiger partial charge in [-0.1, -0.05) is 36.9 Å². The predicted molar refractivity (Wildman–Crippen MR) is 188 cm³/mol. The number of rotatable bonds is 10. The molecule has 5 amide bonds. The molecule has 0 spiro atoms. The number of carbonyl (C=O) groups excluding carboxylic acids is 6. The number of hydrogen-bond donors (Lipinski definition) is 6. The molecule has 1 fully saturated rings. The van der Waals surface area contributed by atoms with Crippen molar-refractivity contribution in [2.24, 2.45) is 0 Å². The maximum absolute atomic E-state index is 13.8. The van der Waals surface area contributed by atoms with Gasteiger partial charge in [-0.25, -0.2) is 4.79 Å². The third kappa shape index (κ3) is 16.8. The van der Waals surface area contributed by atoms with Crippen molar-refractivity contribution in [1.82, 2.24) is 31.9 Å². The first-order chi connectivity index (χ1) is 23.3. The predicted octanol–water partition coefficient (Wildman–Crippen LogP) is 2.51. The molecular weight excluding hydrogens is 644 g/mol. The largest absolute Gasteiger partial charge is 0.444 e. The van der Waals surface area contributed by atoms with E-state index in [0.717, 1.165) is 5.56 Å². The molecule has 0 bridgehead atoms. The molecule has 278 valence electrons. The minimum atomic E-state index is -1.18. The molecule has 14 nitrogen and oxygen atoms in total. The summed E-state index contributed by atoms with van der Waals surface area (Å²) in [5.41, 5.74) is -0.536. The molecule has 14 heteroatoms. The summed E-state index contributed by atoms with van der Waals surface area (Å²) >= 11 is 0. The van der Waals surface area contributed by atoms with Crippen LogP contribution in [0.25, 0.3) is 0 Å². The van der Waals surface area contributed by atoms with Crippen LogP contribution in [-0.2, 0) is 39.9 Å². The Bertz CT molecular complexity index is 1340. The highest BCUT2D eigenvalue weighted by Crippen LogP contribution is 2.11. The first-order valence-corrected chi connectivity index (χ1v) is 17.2. The summed E-state index contributed by atoms with van der Waals surface area (Å²) in [6, 6.07) is 5.01. The fourth-order valence-corrected chi connectivity index (χ4v) is 4.87. The molecule has 50 heavy (non-hydrogen) atoms. The molecular formula is C36H56N6O8. The SMILES string of the molecule is C=C(NCCC[C@@H]1NC(=O)[C@H](Cc2ccccc2)NC(=O)CCCCC(=O)[C@H](C)NC(=O)[C@H](COC(C)(C)C)NC1=O)NC(=O)OC(C)(C)C. The lowest BCUT2D eigenvalue weighted by Crippen LogP contribution is -2.59. The third-order valence-electron chi connectivity index (χ3n) is 7.46. The Morgan fingerprint density at radius 3 is 2.06 bits per heavy atom. The zero-order valence-electron chi connectivity index (χ0n) is 30.5. The molecule has 0 aromatic heterocycles. The number of carbonyl (C=O) groups is 6. The first kappa shape index (κ1) is 41.7. The molecule has 1 aromatic carbocycles. The van der Waals surface area contributed by atoms with Gasteiger partial charge in [0.2, 0.25) is 23.6 Å². The number of benzene rings is 1. The van der Waals surface area contributed by atoms with Crippen molar-refractivity contribution in [3.05, 3.63) is 48.3 Å². The summed E-state index contributed by atoms with van der Waals surface area (Å²) in [6.07, 6.45) is 0.992. The molecule has 2 rings (SSSR count). The number of alkyl carbamates (subject to hydrolysis) is 1. The lowest BCUT2D eigenvalue weighted by molar-refractivity contribution is -0.136. The van der Waals surface area contributed by atoms with Gasteiger partial charge in [0.05, 0.1) is 18.2 Å². The molecule has 0 aliphatic carbocycles. The van der Waals surface area contributed by atoms with Crippen LogP contribution in [0.4, 0.5) is 4.79 Å². The van der Waals surface area contributed by atoms with E-state index in [1.54, 1.807) is 48.5 Å². The Morgan fingerprint density at radius 2 is 1.42 bits per heavy atom. The van der Waals surface area contributed by atoms with Gasteiger partial charge in [-0.05, 0) is 79.7 Å². The number of amides is 5. The Labute approximate surface area is 295 Å². The van der Waals surface area contributed by atoms with Gasteiger partial charge in [-0.15, -0.1) is 0 Å². The average molecular weight is 701 g/mol. The van der Waals surface area contributed by atoms with E-state index in [-0.39, 0.29) is 56.3 Å². The van der Waals surface area contributed by atoms with Gasteiger partial charge in [-0.2, -0.15) is 0 Å². The molecule has 0 unspecified atom stereocenters. The van der Waals surface area contributed by atoms with Crippen LogP contribution in [0.2, 0.25) is 0 Å². The van der Waals surface area contributed by atoms with Crippen LogP contribution in [0.15, 0.2) is 42.7 Å². The van der Waals surface area contributed by atoms with Crippen molar-refractivity contribution in [2.45, 2.75) is 129 Å². The Morgan fingerprint density at radius 1 is 0.820 bits per heavy atom. The summed E-state index contributed by atoms with van der Waals surface area (Å²) in [5, 5.41) is 16.4. The Hall–Kier alpha value is -4.46. The Balaban J connectivity index is 2.33. The molecule has 4 atom stereocenters. The topological polar surface area (TPSA) is 193 Å². The van der Waals surface area contributed by atoms with E-state index < -0.39 is 59.2 Å². The zero-order valence-corrected chi connectivity index (χ0v) is 30.5. The number of hydrogen-bond acceptors (Lipinski definition) is 9. The maximum Gasteiger partial charge on any atom is 0.413 e. The lowest BCUT2D eigenvalue weighted by Gasteiger charge is -2.28. The summed E-state index contributed by atoms with van der Waals surface area (Å²) < 4.78 is 11.1. The van der Waals surface area contributed by atoms with Crippen LogP contribution >= 0.6 is 0 Å². The molecule has 0 saturated carbocycles. The van der Waals surface area contributed by atoms with Gasteiger partial charge >= 0.3 is 6.09 Å². The van der Waals surface area contributed by atoms with Crippen LogP contribution < -0.4 is 31.9 Å². The molecule has 1 saturated heterocycles. The highest BCUT2D eigenvalue weighted by molar-refractivity contribution is 5.96. The highest BCUT2D eigenvalue weighted by atomic mass is 16.6. The fraction of sp³-hybridized carbons (Fsp3) is 0.611. The van der Waals surface area contributed by atoms with E-state index >= 15 is 0 Å². The quantitative estimate of drug-likeness (QED) is 0.199. The second-order valence-corrected chi connectivity index (χ2v) is 14.4. The van der Waals surface area contributed by atoms with Gasteiger partial charge < -0.3 is 36.1 Å². The van der Waals surface area contributed by atoms with Crippen molar-refractivity contribution < 1.29 is 38.2 Å². The Kier molecular flexibility index (Phi) is 16.4. The highest BCUT2D eigenvalue weighted by Gasteiger charge is 2.32. The minimum Gasteiger partial charge on any atom is -0.444 e. The van der Waals surface area contributed by atoms with Crippen molar-refractivity contribution in [2.75, 3.05) is 13.2 Å². The van der Waals surface area contributed by atoms with Gasteiger partial charge in [-0.3, -0.25) is 29.3 Å². The molecule has 1 heterocycles. The van der Waals surface area contributed by atoms with E-state index in [1.807, 2.05) is 30.3 Å². The second kappa shape index (κ2) is 19.7. The van der Waals surface area contributed by atoms with Crippen molar-refractivity contribution in [3.63, 3.8) is 0 Å². The first-order valence-electron chi connectivity index (χ1n) is 17.2. The lowest BCUT2D eigenvalue weighted by atomic mass is 10.0. The third-order valence-corrected chi connectivity index (χ3v) is 7.46. The number of ketones is 1. The number of ether oxygens (including phenoxy) is 2. The van der Waals surface area contributed by atoms with E-state index in [1.165, 1.54) is 0 Å². The maximum atomic E-state index is 13.8. The summed E-state index contributed by atoms with van der Waals surface area (Å²) in [7, 11) is 0. The fourth-order valence-electron chi connectivity index (χ4n) is 4.87. The summed E-state index contributed by atoms with van der Waals surface area (Å²) in [6.45, 7) is 16.0. The molecule has 0 radical (unpaired) electrons. The van der Waals surface area contributed by atoms with Crippen molar-refractivity contribution in [1.29, 1.82) is 0 Å². The molecule has 1 aliphatic rings. The van der Waals surface area contributed by atoms with Crippen LogP contribution in [0.5, 0.6) is 0 Å². The summed E-state index contributed by atoms with van der Waals surface area (Å²) in [5.74, 6) is -2.23. The van der Waals surface area contributed by atoms with Gasteiger partial charge in [0.15, 0.2) is 5.78 Å². The van der Waals surface area contributed by atoms with Crippen LogP contribution in [-0.4, -0.2) is 84.0 Å². The standard InChI is InChI=1S/C36H56N6O8/c1-23-29(43)18-12-13-19-30(44)40-27(21-25-15-10-9-11-16-25)32(46)41-26(17-14-20-37-24(2)39-34(48)50-36(6,7)8)31(45)42-28(33(47)38-23)22-49-35(3,4)5/h9-11,15-16,23,26-28,37H,2,12-14,17-22H2,1,3-8H3,(H,38,47)(H,39,48)(H,40,44)(H,41,46)(H,42,45)/t23-,26-,27-,28-/m0/s1. The molecule has 1 aliphatic heterocycles. The van der Waals surface area contributed by atoms with Gasteiger partial charge in [0.25, 0.3) is 0 Å². The van der Waals surface area contributed by atoms with Crippen LogP contribution in [0.3, 0.4) is 0 Å². The minimum absolute atomic E-state index is 0.0929. The zero-order chi connectivity index (χ0) is 37.5. The van der Waals surface area contributed by atoms with E-state index in [0.29, 0.717) is 19.3 Å². The molecule has 1 aromatic rings. The van der Waals surface area contributed by atoms with Crippen LogP contribution in [0.1, 0.15) is 92.6 Å². The van der Waals surface area contributed by atoms with E-state index in [2.05, 4.69) is 38.5 Å². The van der Waals surface area contributed by atoms with Crippen LogP contribution in [0, 0.1) is 0 Å². The summed E-state index contributed by atoms with van der Waals surface area (Å²) in [4.78, 5) is 78.9. The average Bonchev–Trinajstić information content (AvgIpc) is 3.00. The monoisotopic (exact) mass is 700 g/mol. The molecule has 6 N–H and O–H groups in total. The van der Waals surface area contributed by atoms with Gasteiger partial charge in [0.1, 0.15) is 29.5 Å². The number of Topliss-reactive ketones (excluding diaryl/α,β-unsaturated/α-hetero) is 1. The second-order valence-electron chi connectivity index (χ2n) is 14.4.